The quantitative estimate of drug-likeness (QED) is 0.729. The van der Waals surface area contributed by atoms with Crippen molar-refractivity contribution in [2.24, 2.45) is 0 Å². The molecule has 0 bridgehead atoms. The maximum atomic E-state index is 11.6. The third-order valence-corrected chi connectivity index (χ3v) is 2.53. The summed E-state index contributed by atoms with van der Waals surface area (Å²) in [6, 6.07) is 3.42. The Hall–Kier alpha value is -1.46. The molecular weight excluding hydrogens is 206 g/mol. The Balaban J connectivity index is 1.79. The van der Waals surface area contributed by atoms with E-state index >= 15 is 0 Å². The minimum absolute atomic E-state index is 0.113. The second-order valence-corrected chi connectivity index (χ2v) is 3.74. The van der Waals surface area contributed by atoms with Gasteiger partial charge in [0.05, 0.1) is 11.7 Å². The van der Waals surface area contributed by atoms with Crippen molar-refractivity contribution < 1.29 is 9.63 Å². The van der Waals surface area contributed by atoms with Gasteiger partial charge < -0.3 is 5.32 Å². The number of carbonyl (C=O) groups excluding carboxylic acids is 1. The molecule has 0 aliphatic carbocycles. The molecule has 16 heavy (non-hydrogen) atoms. The standard InChI is InChI=1S/C11H15N3O2/c15-11(9-2-1-5-13-8-9)14-16-10-3-6-12-7-4-10/h1-2,5,8,10,12H,3-4,6-7H2,(H,14,15). The van der Waals surface area contributed by atoms with Crippen LogP contribution in [0.4, 0.5) is 0 Å². The van der Waals surface area contributed by atoms with Gasteiger partial charge >= 0.3 is 0 Å². The highest BCUT2D eigenvalue weighted by atomic mass is 16.7. The van der Waals surface area contributed by atoms with E-state index in [0.29, 0.717) is 5.56 Å². The second-order valence-electron chi connectivity index (χ2n) is 3.74. The van der Waals surface area contributed by atoms with Crippen molar-refractivity contribution in [1.82, 2.24) is 15.8 Å². The van der Waals surface area contributed by atoms with E-state index in [0.717, 1.165) is 25.9 Å². The van der Waals surface area contributed by atoms with Gasteiger partial charge in [0.2, 0.25) is 0 Å². The Labute approximate surface area is 94.2 Å². The molecule has 1 aromatic rings. The SMILES string of the molecule is O=C(NOC1CCNCC1)c1cccnc1. The van der Waals surface area contributed by atoms with Crippen LogP contribution < -0.4 is 10.8 Å². The molecule has 0 unspecified atom stereocenters. The minimum atomic E-state index is -0.244. The molecule has 1 aliphatic heterocycles. The Morgan fingerprint density at radius 1 is 1.50 bits per heavy atom. The van der Waals surface area contributed by atoms with Gasteiger partial charge in [-0.05, 0) is 38.1 Å². The van der Waals surface area contributed by atoms with E-state index in [9.17, 15) is 4.79 Å². The lowest BCUT2D eigenvalue weighted by Crippen LogP contribution is -2.37. The van der Waals surface area contributed by atoms with Gasteiger partial charge in [0.1, 0.15) is 0 Å². The average molecular weight is 221 g/mol. The van der Waals surface area contributed by atoms with Gasteiger partial charge in [-0.1, -0.05) is 0 Å². The van der Waals surface area contributed by atoms with Crippen molar-refractivity contribution in [3.63, 3.8) is 0 Å². The van der Waals surface area contributed by atoms with Crippen molar-refractivity contribution in [3.05, 3.63) is 30.1 Å². The number of nitrogens with one attached hydrogen (secondary N) is 2. The third-order valence-electron chi connectivity index (χ3n) is 2.53. The molecule has 0 radical (unpaired) electrons. The molecule has 0 atom stereocenters. The van der Waals surface area contributed by atoms with E-state index in [1.807, 2.05) is 0 Å². The van der Waals surface area contributed by atoms with Crippen LogP contribution in [-0.4, -0.2) is 30.1 Å². The van der Waals surface area contributed by atoms with Crippen LogP contribution in [0.25, 0.3) is 0 Å². The number of hydroxylamine groups is 1. The monoisotopic (exact) mass is 221 g/mol. The lowest BCUT2D eigenvalue weighted by molar-refractivity contribution is -0.0282. The second kappa shape index (κ2) is 5.58. The van der Waals surface area contributed by atoms with E-state index in [4.69, 9.17) is 4.84 Å². The Kier molecular flexibility index (Phi) is 3.85. The summed E-state index contributed by atoms with van der Waals surface area (Å²) in [5.41, 5.74) is 2.97. The normalized spacial score (nSPS) is 17.0. The van der Waals surface area contributed by atoms with Gasteiger partial charge in [0.15, 0.2) is 0 Å². The predicted octanol–water partition coefficient (Wildman–Crippen LogP) is 0.495. The fourth-order valence-electron chi connectivity index (χ4n) is 1.61. The summed E-state index contributed by atoms with van der Waals surface area (Å²) in [5.74, 6) is -0.244. The zero-order chi connectivity index (χ0) is 11.2. The van der Waals surface area contributed by atoms with Crippen LogP contribution >= 0.6 is 0 Å². The number of aromatic nitrogens is 1. The maximum absolute atomic E-state index is 11.6. The minimum Gasteiger partial charge on any atom is -0.317 e. The highest BCUT2D eigenvalue weighted by Crippen LogP contribution is 2.05. The smallest absolute Gasteiger partial charge is 0.276 e. The van der Waals surface area contributed by atoms with Crippen molar-refractivity contribution >= 4 is 5.91 Å². The molecule has 2 rings (SSSR count). The van der Waals surface area contributed by atoms with Gasteiger partial charge in [-0.15, -0.1) is 0 Å². The fraction of sp³-hybridized carbons (Fsp3) is 0.455. The average Bonchev–Trinajstić information content (AvgIpc) is 2.38. The van der Waals surface area contributed by atoms with Crippen LogP contribution in [0.2, 0.25) is 0 Å². The highest BCUT2D eigenvalue weighted by molar-refractivity contribution is 5.92. The van der Waals surface area contributed by atoms with E-state index in [1.165, 1.54) is 6.20 Å². The first-order valence-corrected chi connectivity index (χ1v) is 5.43. The molecule has 2 N–H and O–H groups in total. The van der Waals surface area contributed by atoms with Crippen LogP contribution in [0.3, 0.4) is 0 Å². The first-order valence-electron chi connectivity index (χ1n) is 5.43. The Morgan fingerprint density at radius 3 is 3.00 bits per heavy atom. The number of hydrogen-bond donors (Lipinski definition) is 2. The first-order chi connectivity index (χ1) is 7.86. The first kappa shape index (κ1) is 11.0. The third kappa shape index (κ3) is 3.01. The van der Waals surface area contributed by atoms with Crippen molar-refractivity contribution in [2.75, 3.05) is 13.1 Å². The summed E-state index contributed by atoms with van der Waals surface area (Å²) in [6.07, 6.45) is 5.11. The molecule has 1 amide bonds. The van der Waals surface area contributed by atoms with Crippen molar-refractivity contribution in [2.45, 2.75) is 18.9 Å². The summed E-state index contributed by atoms with van der Waals surface area (Å²) >= 11 is 0. The lowest BCUT2D eigenvalue weighted by Gasteiger charge is -2.22. The Morgan fingerprint density at radius 2 is 2.31 bits per heavy atom. The van der Waals surface area contributed by atoms with E-state index < -0.39 is 0 Å². The molecule has 1 saturated heterocycles. The number of nitrogens with zero attached hydrogens (tertiary/aromatic N) is 1. The molecule has 2 heterocycles. The van der Waals surface area contributed by atoms with Gasteiger partial charge in [0, 0.05) is 12.4 Å². The van der Waals surface area contributed by atoms with Crippen LogP contribution in [0.15, 0.2) is 24.5 Å². The number of piperidine rings is 1. The van der Waals surface area contributed by atoms with Crippen LogP contribution in [0.5, 0.6) is 0 Å². The zero-order valence-electron chi connectivity index (χ0n) is 8.98. The number of carbonyl (C=O) groups is 1. The summed E-state index contributed by atoms with van der Waals surface area (Å²) in [5, 5.41) is 3.23. The van der Waals surface area contributed by atoms with Gasteiger partial charge in [-0.3, -0.25) is 14.6 Å². The Bertz CT molecular complexity index is 336. The predicted molar refractivity (Wildman–Crippen MR) is 58.7 cm³/mol. The van der Waals surface area contributed by atoms with Crippen molar-refractivity contribution in [1.29, 1.82) is 0 Å². The van der Waals surface area contributed by atoms with Crippen LogP contribution in [0.1, 0.15) is 23.2 Å². The zero-order valence-corrected chi connectivity index (χ0v) is 8.98. The number of amides is 1. The topological polar surface area (TPSA) is 63.2 Å². The number of rotatable bonds is 3. The summed E-state index contributed by atoms with van der Waals surface area (Å²) in [4.78, 5) is 20.8. The largest absolute Gasteiger partial charge is 0.317 e. The molecule has 1 fully saturated rings. The van der Waals surface area contributed by atoms with Crippen molar-refractivity contribution in [3.8, 4) is 0 Å². The van der Waals surface area contributed by atoms with E-state index in [2.05, 4.69) is 15.8 Å². The molecule has 0 saturated carbocycles. The lowest BCUT2D eigenvalue weighted by atomic mass is 10.1. The van der Waals surface area contributed by atoms with Crippen LogP contribution in [-0.2, 0) is 4.84 Å². The molecule has 5 heteroatoms. The van der Waals surface area contributed by atoms with E-state index in [1.54, 1.807) is 18.3 Å². The molecule has 5 nitrogen and oxygen atoms in total. The summed E-state index contributed by atoms with van der Waals surface area (Å²) < 4.78 is 0. The summed E-state index contributed by atoms with van der Waals surface area (Å²) in [7, 11) is 0. The highest BCUT2D eigenvalue weighted by Gasteiger charge is 2.15. The van der Waals surface area contributed by atoms with Gasteiger partial charge in [-0.2, -0.15) is 0 Å². The molecule has 1 aliphatic rings. The maximum Gasteiger partial charge on any atom is 0.276 e. The number of pyridine rings is 1. The fourth-order valence-corrected chi connectivity index (χ4v) is 1.61. The summed E-state index contributed by atoms with van der Waals surface area (Å²) in [6.45, 7) is 1.88. The molecule has 86 valence electrons. The molecular formula is C11H15N3O2. The van der Waals surface area contributed by atoms with Gasteiger partial charge in [0.25, 0.3) is 5.91 Å². The van der Waals surface area contributed by atoms with Crippen LogP contribution in [0, 0.1) is 0 Å². The molecule has 0 aromatic carbocycles. The molecule has 0 spiro atoms. The van der Waals surface area contributed by atoms with E-state index in [-0.39, 0.29) is 12.0 Å². The number of hydrogen-bond acceptors (Lipinski definition) is 4. The van der Waals surface area contributed by atoms with Gasteiger partial charge in [-0.25, -0.2) is 5.48 Å². The molecule has 1 aromatic heterocycles.